The second-order valence-corrected chi connectivity index (χ2v) is 8.16. The summed E-state index contributed by atoms with van der Waals surface area (Å²) in [6.45, 7) is 11.3. The maximum atomic E-state index is 13.0. The Balaban J connectivity index is 2.94. The zero-order valence-corrected chi connectivity index (χ0v) is 15.8. The number of esters is 1. The molecule has 0 unspecified atom stereocenters. The molecule has 24 heavy (non-hydrogen) atoms. The van der Waals surface area contributed by atoms with Crippen LogP contribution in [0.25, 0.3) is 0 Å². The van der Waals surface area contributed by atoms with Crippen LogP contribution in [0.1, 0.15) is 54.4 Å². The van der Waals surface area contributed by atoms with E-state index in [2.05, 4.69) is 5.32 Å². The third-order valence-corrected chi connectivity index (χ3v) is 3.78. The van der Waals surface area contributed by atoms with Crippen molar-refractivity contribution in [1.29, 1.82) is 0 Å². The van der Waals surface area contributed by atoms with Gasteiger partial charge < -0.3 is 19.7 Å². The predicted molar refractivity (Wildman–Crippen MR) is 89.4 cm³/mol. The van der Waals surface area contributed by atoms with Gasteiger partial charge in [-0.2, -0.15) is 0 Å². The second kappa shape index (κ2) is 7.40. The molecule has 0 aromatic heterocycles. The molecular weight excluding hydrogens is 312 g/mol. The van der Waals surface area contributed by atoms with Gasteiger partial charge in [0.15, 0.2) is 0 Å². The van der Waals surface area contributed by atoms with Crippen LogP contribution in [0.4, 0.5) is 4.79 Å². The monoisotopic (exact) mass is 342 g/mol. The van der Waals surface area contributed by atoms with Crippen molar-refractivity contribution < 1.29 is 23.9 Å². The van der Waals surface area contributed by atoms with Gasteiger partial charge in [0.1, 0.15) is 17.7 Å². The number of ether oxygens (including phenoxy) is 2. The van der Waals surface area contributed by atoms with Crippen molar-refractivity contribution in [2.45, 2.75) is 72.1 Å². The Kier molecular flexibility index (Phi) is 6.25. The summed E-state index contributed by atoms with van der Waals surface area (Å²) in [7, 11) is 1.31. The normalized spacial score (nSPS) is 19.6. The molecule has 0 aromatic carbocycles. The molecule has 138 valence electrons. The van der Waals surface area contributed by atoms with Crippen LogP contribution < -0.4 is 5.32 Å². The van der Waals surface area contributed by atoms with Crippen LogP contribution in [-0.2, 0) is 19.1 Å². The van der Waals surface area contributed by atoms with E-state index < -0.39 is 35.2 Å². The molecule has 2 amide bonds. The molecule has 0 aromatic rings. The third-order valence-electron chi connectivity index (χ3n) is 3.78. The number of carbonyl (C=O) groups excluding carboxylic acids is 3. The number of methoxy groups -OCH3 is 1. The number of carbonyl (C=O) groups is 3. The van der Waals surface area contributed by atoms with E-state index in [9.17, 15) is 14.4 Å². The number of nitrogens with one attached hydrogen (secondary N) is 1. The Morgan fingerprint density at radius 1 is 1.12 bits per heavy atom. The zero-order valence-electron chi connectivity index (χ0n) is 15.8. The van der Waals surface area contributed by atoms with Crippen molar-refractivity contribution in [3.05, 3.63) is 0 Å². The van der Waals surface area contributed by atoms with Crippen LogP contribution in [0.3, 0.4) is 0 Å². The minimum Gasteiger partial charge on any atom is -0.467 e. The first-order valence-corrected chi connectivity index (χ1v) is 8.24. The largest absolute Gasteiger partial charge is 0.467 e. The highest BCUT2D eigenvalue weighted by atomic mass is 16.6. The van der Waals surface area contributed by atoms with Gasteiger partial charge >= 0.3 is 12.1 Å². The summed E-state index contributed by atoms with van der Waals surface area (Å²) in [5.41, 5.74) is -1.19. The summed E-state index contributed by atoms with van der Waals surface area (Å²) in [5, 5.41) is 2.66. The van der Waals surface area contributed by atoms with Crippen LogP contribution in [0, 0.1) is 5.41 Å². The van der Waals surface area contributed by atoms with Crippen molar-refractivity contribution in [3.63, 3.8) is 0 Å². The van der Waals surface area contributed by atoms with E-state index in [4.69, 9.17) is 9.47 Å². The van der Waals surface area contributed by atoms with Crippen molar-refractivity contribution in [3.8, 4) is 0 Å². The van der Waals surface area contributed by atoms with Gasteiger partial charge in [-0.15, -0.1) is 0 Å². The Morgan fingerprint density at radius 2 is 1.71 bits per heavy atom. The quantitative estimate of drug-likeness (QED) is 0.794. The number of rotatable bonds is 3. The average Bonchev–Trinajstić information content (AvgIpc) is 2.89. The standard InChI is InChI=1S/C17H30N2O5/c1-16(2,3)12(18-15(22)24-17(4,5)6)13(20)19-10-8-9-11(19)14(21)23-7/h11-12H,8-10H2,1-7H3,(H,18,22)/t11-,12-/m0/s1. The third kappa shape index (κ3) is 5.39. The molecule has 7 heteroatoms. The summed E-state index contributed by atoms with van der Waals surface area (Å²) >= 11 is 0. The lowest BCUT2D eigenvalue weighted by Gasteiger charge is -2.35. The van der Waals surface area contributed by atoms with Crippen LogP contribution in [0.2, 0.25) is 0 Å². The molecule has 1 heterocycles. The number of hydrogen-bond acceptors (Lipinski definition) is 5. The summed E-state index contributed by atoms with van der Waals surface area (Å²) in [4.78, 5) is 38.5. The molecule has 0 aliphatic carbocycles. The van der Waals surface area contributed by atoms with E-state index in [1.807, 2.05) is 20.8 Å². The molecular formula is C17H30N2O5. The van der Waals surface area contributed by atoms with Gasteiger partial charge in [-0.1, -0.05) is 20.8 Å². The number of likely N-dealkylation sites (tertiary alicyclic amines) is 1. The van der Waals surface area contributed by atoms with Crippen molar-refractivity contribution in [2.24, 2.45) is 5.41 Å². The lowest BCUT2D eigenvalue weighted by molar-refractivity contribution is -0.152. The molecule has 1 aliphatic rings. The highest BCUT2D eigenvalue weighted by Gasteiger charge is 2.42. The number of alkyl carbamates (subject to hydrolysis) is 1. The lowest BCUT2D eigenvalue weighted by atomic mass is 9.85. The number of hydrogen-bond donors (Lipinski definition) is 1. The number of amides is 2. The zero-order chi connectivity index (χ0) is 18.7. The van der Waals surface area contributed by atoms with Crippen LogP contribution >= 0.6 is 0 Å². The predicted octanol–water partition coefficient (Wildman–Crippen LogP) is 2.09. The fourth-order valence-electron chi connectivity index (χ4n) is 2.65. The van der Waals surface area contributed by atoms with Crippen LogP contribution in [0.5, 0.6) is 0 Å². The topological polar surface area (TPSA) is 84.9 Å². The molecule has 2 atom stereocenters. The Hall–Kier alpha value is -1.79. The Morgan fingerprint density at radius 3 is 2.17 bits per heavy atom. The summed E-state index contributed by atoms with van der Waals surface area (Å²) in [5.74, 6) is -0.716. The minimum absolute atomic E-state index is 0.291. The smallest absolute Gasteiger partial charge is 0.408 e. The Labute approximate surface area is 144 Å². The van der Waals surface area contributed by atoms with Gasteiger partial charge in [-0.3, -0.25) is 4.79 Å². The first-order valence-electron chi connectivity index (χ1n) is 8.24. The van der Waals surface area contributed by atoms with Crippen LogP contribution in [0.15, 0.2) is 0 Å². The maximum Gasteiger partial charge on any atom is 0.408 e. The van der Waals surface area contributed by atoms with E-state index in [1.165, 1.54) is 12.0 Å². The van der Waals surface area contributed by atoms with E-state index in [1.54, 1.807) is 20.8 Å². The summed E-state index contributed by atoms with van der Waals surface area (Å²) in [6.07, 6.45) is 0.654. The highest BCUT2D eigenvalue weighted by Crippen LogP contribution is 2.26. The molecule has 0 saturated carbocycles. The van der Waals surface area contributed by atoms with Crippen molar-refractivity contribution in [1.82, 2.24) is 10.2 Å². The van der Waals surface area contributed by atoms with Crippen molar-refractivity contribution >= 4 is 18.0 Å². The average molecular weight is 342 g/mol. The van der Waals surface area contributed by atoms with Gasteiger partial charge in [0.2, 0.25) is 5.91 Å². The van der Waals surface area contributed by atoms with Gasteiger partial charge in [0.25, 0.3) is 0 Å². The minimum atomic E-state index is -0.794. The first-order chi connectivity index (χ1) is 10.9. The second-order valence-electron chi connectivity index (χ2n) is 8.16. The molecule has 7 nitrogen and oxygen atoms in total. The van der Waals surface area contributed by atoms with E-state index in [0.717, 1.165) is 6.42 Å². The lowest BCUT2D eigenvalue weighted by Crippen LogP contribution is -2.57. The molecule has 1 fully saturated rings. The van der Waals surface area contributed by atoms with E-state index in [0.29, 0.717) is 13.0 Å². The highest BCUT2D eigenvalue weighted by molar-refractivity contribution is 5.90. The summed E-state index contributed by atoms with van der Waals surface area (Å²) in [6, 6.07) is -1.38. The molecule has 1 N–H and O–H groups in total. The first kappa shape index (κ1) is 20.3. The molecule has 0 spiro atoms. The van der Waals surface area contributed by atoms with E-state index in [-0.39, 0.29) is 5.91 Å². The number of nitrogens with zero attached hydrogens (tertiary/aromatic N) is 1. The SMILES string of the molecule is COC(=O)[C@@H]1CCCN1C(=O)[C@H](NC(=O)OC(C)(C)C)C(C)(C)C. The molecule has 0 bridgehead atoms. The maximum absolute atomic E-state index is 13.0. The van der Waals surface area contributed by atoms with Gasteiger partial charge in [0.05, 0.1) is 7.11 Å². The summed E-state index contributed by atoms with van der Waals surface area (Å²) < 4.78 is 10.0. The Bertz CT molecular complexity index is 490. The molecule has 1 rings (SSSR count). The molecule has 1 aliphatic heterocycles. The van der Waals surface area contributed by atoms with Gasteiger partial charge in [-0.25, -0.2) is 9.59 Å². The van der Waals surface area contributed by atoms with Crippen molar-refractivity contribution in [2.75, 3.05) is 13.7 Å². The fraction of sp³-hybridized carbons (Fsp3) is 0.824. The van der Waals surface area contributed by atoms with Gasteiger partial charge in [-0.05, 0) is 39.0 Å². The fourth-order valence-corrected chi connectivity index (χ4v) is 2.65. The van der Waals surface area contributed by atoms with E-state index >= 15 is 0 Å². The van der Waals surface area contributed by atoms with Crippen LogP contribution in [-0.4, -0.2) is 54.2 Å². The molecule has 0 radical (unpaired) electrons. The van der Waals surface area contributed by atoms with Gasteiger partial charge in [0, 0.05) is 6.54 Å². The molecule has 1 saturated heterocycles.